The Morgan fingerprint density at radius 1 is 0.320 bits per heavy atom. The molecule has 50 heavy (non-hydrogen) atoms. The zero-order valence-electron chi connectivity index (χ0n) is 27.0. The van der Waals surface area contributed by atoms with Crippen LogP contribution in [0.2, 0.25) is 0 Å². The van der Waals surface area contributed by atoms with Crippen LogP contribution in [0.1, 0.15) is 0 Å². The van der Waals surface area contributed by atoms with E-state index >= 15 is 0 Å². The molecule has 0 aliphatic heterocycles. The summed E-state index contributed by atoms with van der Waals surface area (Å²) in [5.74, 6) is 0.667. The van der Waals surface area contributed by atoms with Crippen molar-refractivity contribution in [2.24, 2.45) is 0 Å². The van der Waals surface area contributed by atoms with E-state index in [2.05, 4.69) is 146 Å². The Balaban J connectivity index is 1.26. The van der Waals surface area contributed by atoms with Crippen molar-refractivity contribution in [3.05, 3.63) is 170 Å². The Hall–Kier alpha value is -6.78. The van der Waals surface area contributed by atoms with Crippen LogP contribution in [0, 0.1) is 0 Å². The van der Waals surface area contributed by atoms with Gasteiger partial charge in [-0.25, -0.2) is 9.97 Å². The quantitative estimate of drug-likeness (QED) is 0.180. The summed E-state index contributed by atoms with van der Waals surface area (Å²) in [5.41, 5.74) is 8.76. The van der Waals surface area contributed by atoms with Gasteiger partial charge in [-0.05, 0) is 79.8 Å². The van der Waals surface area contributed by atoms with Gasteiger partial charge in [0.2, 0.25) is 0 Å². The van der Waals surface area contributed by atoms with Gasteiger partial charge in [0, 0.05) is 39.9 Å². The highest BCUT2D eigenvalue weighted by atomic mass is 14.9. The van der Waals surface area contributed by atoms with Crippen LogP contribution in [0.3, 0.4) is 0 Å². The fraction of sp³-hybridized carbons (Fsp3) is 0. The third kappa shape index (κ3) is 4.61. The molecule has 10 aromatic rings. The van der Waals surface area contributed by atoms with Gasteiger partial charge in [-0.1, -0.05) is 121 Å². The first-order valence-electron chi connectivity index (χ1n) is 16.8. The summed E-state index contributed by atoms with van der Waals surface area (Å²) in [6.07, 6.45) is 3.65. The van der Waals surface area contributed by atoms with E-state index in [1.807, 2.05) is 24.5 Å². The van der Waals surface area contributed by atoms with Crippen LogP contribution in [0.5, 0.6) is 0 Å². The Labute approximate surface area is 288 Å². The van der Waals surface area contributed by atoms with E-state index in [4.69, 9.17) is 19.9 Å². The van der Waals surface area contributed by atoms with Gasteiger partial charge in [-0.15, -0.1) is 0 Å². The van der Waals surface area contributed by atoms with Gasteiger partial charge in [-0.3, -0.25) is 9.97 Å². The molecule has 4 heteroatoms. The molecule has 4 nitrogen and oxygen atoms in total. The van der Waals surface area contributed by atoms with Crippen LogP contribution in [-0.4, -0.2) is 19.9 Å². The minimum Gasteiger partial charge on any atom is -0.254 e. The van der Waals surface area contributed by atoms with Crippen molar-refractivity contribution < 1.29 is 0 Å². The SMILES string of the molecule is c1cc(-c2nc(-c3cc4ccccc4c4ccccc34)cc(-c3cc4cccnc4c4ncccc34)n2)cc(-c2cccc3ccccc23)c1. The number of benzene rings is 7. The minimum absolute atomic E-state index is 0.667. The average molecular weight is 637 g/mol. The van der Waals surface area contributed by atoms with E-state index in [0.717, 1.165) is 60.8 Å². The Kier molecular flexibility index (Phi) is 6.46. The first-order valence-corrected chi connectivity index (χ1v) is 16.8. The van der Waals surface area contributed by atoms with E-state index in [-0.39, 0.29) is 0 Å². The lowest BCUT2D eigenvalue weighted by atomic mass is 9.94. The predicted molar refractivity (Wildman–Crippen MR) is 207 cm³/mol. The fourth-order valence-corrected chi connectivity index (χ4v) is 7.41. The molecule has 0 fully saturated rings. The molecular formula is C46H28N4. The monoisotopic (exact) mass is 636 g/mol. The van der Waals surface area contributed by atoms with Gasteiger partial charge in [-0.2, -0.15) is 0 Å². The highest BCUT2D eigenvalue weighted by Gasteiger charge is 2.18. The van der Waals surface area contributed by atoms with Crippen LogP contribution in [-0.2, 0) is 0 Å². The second-order valence-corrected chi connectivity index (χ2v) is 12.7. The first kappa shape index (κ1) is 28.3. The van der Waals surface area contributed by atoms with Crippen molar-refractivity contribution in [3.63, 3.8) is 0 Å². The molecule has 0 aliphatic rings. The molecule has 0 saturated carbocycles. The van der Waals surface area contributed by atoms with Crippen LogP contribution >= 0.6 is 0 Å². The summed E-state index contributed by atoms with van der Waals surface area (Å²) < 4.78 is 0. The van der Waals surface area contributed by atoms with Crippen LogP contribution < -0.4 is 0 Å². The van der Waals surface area contributed by atoms with E-state index < -0.39 is 0 Å². The smallest absolute Gasteiger partial charge is 0.160 e. The molecule has 0 saturated heterocycles. The molecule has 3 heterocycles. The summed E-state index contributed by atoms with van der Waals surface area (Å²) in [7, 11) is 0. The van der Waals surface area contributed by atoms with Crippen molar-refractivity contribution in [2.45, 2.75) is 0 Å². The van der Waals surface area contributed by atoms with Crippen molar-refractivity contribution in [1.29, 1.82) is 0 Å². The number of aromatic nitrogens is 4. The molecule has 10 rings (SSSR count). The molecule has 0 bridgehead atoms. The van der Waals surface area contributed by atoms with Gasteiger partial charge in [0.15, 0.2) is 5.82 Å². The van der Waals surface area contributed by atoms with Crippen molar-refractivity contribution in [2.75, 3.05) is 0 Å². The molecule has 0 atom stereocenters. The molecule has 0 amide bonds. The van der Waals surface area contributed by atoms with Crippen molar-refractivity contribution in [1.82, 2.24) is 19.9 Å². The second kappa shape index (κ2) is 11.4. The van der Waals surface area contributed by atoms with Crippen LogP contribution in [0.4, 0.5) is 0 Å². The fourth-order valence-electron chi connectivity index (χ4n) is 7.41. The van der Waals surface area contributed by atoms with Gasteiger partial charge < -0.3 is 0 Å². The molecule has 0 aliphatic carbocycles. The third-order valence-corrected chi connectivity index (χ3v) is 9.73. The number of rotatable bonds is 4. The molecule has 0 spiro atoms. The summed E-state index contributed by atoms with van der Waals surface area (Å²) in [6, 6.07) is 55.5. The maximum absolute atomic E-state index is 5.36. The lowest BCUT2D eigenvalue weighted by Gasteiger charge is -2.15. The van der Waals surface area contributed by atoms with E-state index in [1.54, 1.807) is 0 Å². The topological polar surface area (TPSA) is 51.6 Å². The highest BCUT2D eigenvalue weighted by molar-refractivity contribution is 6.14. The van der Waals surface area contributed by atoms with Crippen LogP contribution in [0.25, 0.3) is 99.2 Å². The maximum atomic E-state index is 5.36. The first-order chi connectivity index (χ1) is 24.8. The van der Waals surface area contributed by atoms with E-state index in [0.29, 0.717) is 5.82 Å². The standard InChI is InChI=1S/C46H28N4/c1-3-17-34-29(11-1)13-8-21-35(34)30-14-7-15-33(25-30)46-49-42(40-26-31-12-2-4-18-36(31)37-19-5-6-20-38(37)40)28-43(50-46)41-27-32-16-9-23-47-44(32)45-39(41)22-10-24-48-45/h1-28H. The van der Waals surface area contributed by atoms with Crippen molar-refractivity contribution in [3.8, 4) is 45.0 Å². The summed E-state index contributed by atoms with van der Waals surface area (Å²) >= 11 is 0. The number of fused-ring (bicyclic) bond motifs is 7. The number of nitrogens with zero attached hydrogens (tertiary/aromatic N) is 4. The number of hydrogen-bond donors (Lipinski definition) is 0. The Morgan fingerprint density at radius 3 is 1.76 bits per heavy atom. The third-order valence-electron chi connectivity index (χ3n) is 9.73. The highest BCUT2D eigenvalue weighted by Crippen LogP contribution is 2.39. The minimum atomic E-state index is 0.667. The molecular weight excluding hydrogens is 609 g/mol. The summed E-state index contributed by atoms with van der Waals surface area (Å²) in [4.78, 5) is 20.2. The lowest BCUT2D eigenvalue weighted by molar-refractivity contribution is 1.19. The van der Waals surface area contributed by atoms with Gasteiger partial charge in [0.05, 0.1) is 22.4 Å². The molecule has 0 radical (unpaired) electrons. The number of hydrogen-bond acceptors (Lipinski definition) is 4. The number of pyridine rings is 2. The summed E-state index contributed by atoms with van der Waals surface area (Å²) in [5, 5.41) is 9.20. The molecule has 0 N–H and O–H groups in total. The normalized spacial score (nSPS) is 11.6. The molecule has 7 aromatic carbocycles. The van der Waals surface area contributed by atoms with E-state index in [9.17, 15) is 0 Å². The van der Waals surface area contributed by atoms with Crippen LogP contribution in [0.15, 0.2) is 170 Å². The zero-order chi connectivity index (χ0) is 33.0. The Morgan fingerprint density at radius 2 is 0.900 bits per heavy atom. The van der Waals surface area contributed by atoms with E-state index in [1.165, 1.54) is 32.5 Å². The van der Waals surface area contributed by atoms with Crippen molar-refractivity contribution >= 4 is 54.1 Å². The van der Waals surface area contributed by atoms with Gasteiger partial charge in [0.1, 0.15) is 0 Å². The summed E-state index contributed by atoms with van der Waals surface area (Å²) in [6.45, 7) is 0. The molecule has 0 unspecified atom stereocenters. The largest absolute Gasteiger partial charge is 0.254 e. The lowest BCUT2D eigenvalue weighted by Crippen LogP contribution is -1.98. The van der Waals surface area contributed by atoms with Gasteiger partial charge in [0.25, 0.3) is 0 Å². The predicted octanol–water partition coefficient (Wildman–Crippen LogP) is 11.7. The molecule has 232 valence electrons. The second-order valence-electron chi connectivity index (χ2n) is 12.7. The average Bonchev–Trinajstić information content (AvgIpc) is 3.20. The Bertz CT molecular complexity index is 2800. The zero-order valence-corrected chi connectivity index (χ0v) is 27.0. The molecule has 3 aromatic heterocycles. The van der Waals surface area contributed by atoms with Gasteiger partial charge >= 0.3 is 0 Å². The maximum Gasteiger partial charge on any atom is 0.160 e.